The number of rotatable bonds is 4. The molecule has 0 aliphatic heterocycles. The van der Waals surface area contributed by atoms with Crippen molar-refractivity contribution >= 4 is 22.2 Å². The molecular formula is C9H18O4Si. The van der Waals surface area contributed by atoms with Crippen LogP contribution in [-0.2, 0) is 19.1 Å². The highest BCUT2D eigenvalue weighted by Crippen LogP contribution is 2.37. The Bertz CT molecular complexity index is 229. The summed E-state index contributed by atoms with van der Waals surface area (Å²) in [6.45, 7) is 3.59. The highest BCUT2D eigenvalue weighted by molar-refractivity contribution is 6.28. The van der Waals surface area contributed by atoms with Crippen molar-refractivity contribution in [1.29, 1.82) is 0 Å². The summed E-state index contributed by atoms with van der Waals surface area (Å²) in [7, 11) is 3.24. The van der Waals surface area contributed by atoms with E-state index in [-0.39, 0.29) is 11.9 Å². The van der Waals surface area contributed by atoms with E-state index < -0.39 is 11.0 Å². The molecule has 2 unspecified atom stereocenters. The Morgan fingerprint density at radius 3 is 2.14 bits per heavy atom. The Kier molecular flexibility index (Phi) is 4.83. The Labute approximate surface area is 87.4 Å². The summed E-state index contributed by atoms with van der Waals surface area (Å²) in [4.78, 5) is 22.9. The first-order valence-corrected chi connectivity index (χ1v) is 5.60. The number of methoxy groups -OCH3 is 2. The zero-order valence-electron chi connectivity index (χ0n) is 9.42. The summed E-state index contributed by atoms with van der Waals surface area (Å²) >= 11 is 0. The maximum atomic E-state index is 11.5. The van der Waals surface area contributed by atoms with Crippen LogP contribution in [-0.4, -0.2) is 36.4 Å². The quantitative estimate of drug-likeness (QED) is 0.488. The van der Waals surface area contributed by atoms with E-state index in [4.69, 9.17) is 4.74 Å². The summed E-state index contributed by atoms with van der Waals surface area (Å²) in [5.41, 5.74) is 0. The number of hydrogen-bond donors (Lipinski definition) is 0. The van der Waals surface area contributed by atoms with Crippen molar-refractivity contribution in [3.8, 4) is 0 Å². The molecule has 0 aliphatic carbocycles. The molecule has 2 atom stereocenters. The second-order valence-corrected chi connectivity index (χ2v) is 5.29. The van der Waals surface area contributed by atoms with Crippen LogP contribution < -0.4 is 0 Å². The van der Waals surface area contributed by atoms with Gasteiger partial charge in [0.05, 0.1) is 25.2 Å². The first-order chi connectivity index (χ1) is 6.43. The average Bonchev–Trinajstić information content (AvgIpc) is 2.24. The van der Waals surface area contributed by atoms with Crippen molar-refractivity contribution < 1.29 is 19.1 Å². The van der Waals surface area contributed by atoms with Crippen LogP contribution in [0.15, 0.2) is 0 Å². The van der Waals surface area contributed by atoms with Crippen molar-refractivity contribution in [2.75, 3.05) is 14.2 Å². The van der Waals surface area contributed by atoms with Crippen LogP contribution in [0.4, 0.5) is 0 Å². The lowest BCUT2D eigenvalue weighted by atomic mass is 9.90. The minimum atomic E-state index is -0.665. The molecular weight excluding hydrogens is 200 g/mol. The number of hydrogen-bond acceptors (Lipinski definition) is 4. The fraction of sp³-hybridized carbons (Fsp3) is 0.778. The van der Waals surface area contributed by atoms with Crippen molar-refractivity contribution in [3.63, 3.8) is 0 Å². The molecule has 0 radical (unpaired) electrons. The molecule has 0 spiro atoms. The average molecular weight is 218 g/mol. The van der Waals surface area contributed by atoms with Gasteiger partial charge in [-0.05, 0) is 6.42 Å². The van der Waals surface area contributed by atoms with Gasteiger partial charge in [0.15, 0.2) is 0 Å². The fourth-order valence-corrected chi connectivity index (χ4v) is 1.74. The van der Waals surface area contributed by atoms with E-state index in [9.17, 15) is 9.59 Å². The molecule has 0 aromatic heterocycles. The van der Waals surface area contributed by atoms with Crippen molar-refractivity contribution in [1.82, 2.24) is 0 Å². The van der Waals surface area contributed by atoms with Crippen LogP contribution in [0.2, 0.25) is 5.04 Å². The Balaban J connectivity index is 4.84. The number of carbonyl (C=O) groups excluding carboxylic acids is 2. The largest absolute Gasteiger partial charge is 0.469 e. The summed E-state index contributed by atoms with van der Waals surface area (Å²) in [6, 6.07) is 0. The summed E-state index contributed by atoms with van der Waals surface area (Å²) in [5.74, 6) is -1.10. The highest BCUT2D eigenvalue weighted by atomic mass is 28.1. The van der Waals surface area contributed by atoms with Gasteiger partial charge in [0, 0.05) is 10.2 Å². The van der Waals surface area contributed by atoms with Gasteiger partial charge < -0.3 is 9.47 Å². The topological polar surface area (TPSA) is 52.6 Å². The van der Waals surface area contributed by atoms with Crippen molar-refractivity contribution in [2.24, 2.45) is 5.92 Å². The molecule has 0 aromatic rings. The third-order valence-electron chi connectivity index (χ3n) is 2.90. The number of ether oxygens (including phenoxy) is 2. The van der Waals surface area contributed by atoms with E-state index in [1.54, 1.807) is 6.92 Å². The van der Waals surface area contributed by atoms with Gasteiger partial charge in [0.1, 0.15) is 0 Å². The molecule has 14 heavy (non-hydrogen) atoms. The Morgan fingerprint density at radius 1 is 1.36 bits per heavy atom. The number of carbonyl (C=O) groups is 2. The molecule has 4 nitrogen and oxygen atoms in total. The van der Waals surface area contributed by atoms with Crippen LogP contribution in [0.1, 0.15) is 20.3 Å². The van der Waals surface area contributed by atoms with Crippen molar-refractivity contribution in [3.05, 3.63) is 0 Å². The van der Waals surface area contributed by atoms with Gasteiger partial charge in [-0.1, -0.05) is 13.8 Å². The summed E-state index contributed by atoms with van der Waals surface area (Å²) in [6.07, 6.45) is 0.599. The molecule has 0 aliphatic rings. The third-order valence-corrected chi connectivity index (χ3v) is 4.88. The standard InChI is InChI=1S/C9H18O4Si/c1-5-9(14,8(11)13-4)6(2)7(10)12-3/h6H,5H2,1-4,14H3. The molecule has 0 fully saturated rings. The first kappa shape index (κ1) is 13.2. The van der Waals surface area contributed by atoms with Gasteiger partial charge in [-0.3, -0.25) is 9.59 Å². The molecule has 0 N–H and O–H groups in total. The minimum Gasteiger partial charge on any atom is -0.469 e. The molecule has 0 saturated carbocycles. The lowest BCUT2D eigenvalue weighted by Crippen LogP contribution is -2.36. The lowest BCUT2D eigenvalue weighted by molar-refractivity contribution is -0.155. The SMILES string of the molecule is CCC([SiH3])(C(=O)OC)C(C)C(=O)OC. The highest BCUT2D eigenvalue weighted by Gasteiger charge is 2.42. The molecule has 0 rings (SSSR count). The van der Waals surface area contributed by atoms with Gasteiger partial charge in [0.2, 0.25) is 0 Å². The molecule has 0 amide bonds. The molecule has 0 aromatic carbocycles. The maximum absolute atomic E-state index is 11.5. The normalized spacial score (nSPS) is 16.9. The van der Waals surface area contributed by atoms with Crippen LogP contribution in [0.5, 0.6) is 0 Å². The second-order valence-electron chi connectivity index (χ2n) is 3.51. The first-order valence-electron chi connectivity index (χ1n) is 4.60. The van der Waals surface area contributed by atoms with Crippen LogP contribution in [0.3, 0.4) is 0 Å². The summed E-state index contributed by atoms with van der Waals surface area (Å²) in [5, 5.41) is -0.665. The molecule has 0 heterocycles. The van der Waals surface area contributed by atoms with E-state index in [0.717, 1.165) is 0 Å². The Morgan fingerprint density at radius 2 is 1.86 bits per heavy atom. The zero-order chi connectivity index (χ0) is 11.4. The van der Waals surface area contributed by atoms with Gasteiger partial charge in [0.25, 0.3) is 0 Å². The number of esters is 2. The van der Waals surface area contributed by atoms with Crippen molar-refractivity contribution in [2.45, 2.75) is 25.3 Å². The smallest absolute Gasteiger partial charge is 0.309 e. The lowest BCUT2D eigenvalue weighted by Gasteiger charge is -2.29. The Hall–Kier alpha value is -0.843. The third kappa shape index (κ3) is 2.34. The van der Waals surface area contributed by atoms with E-state index in [0.29, 0.717) is 16.7 Å². The monoisotopic (exact) mass is 218 g/mol. The second kappa shape index (κ2) is 5.14. The fourth-order valence-electron chi connectivity index (χ4n) is 1.30. The van der Waals surface area contributed by atoms with E-state index in [2.05, 4.69) is 4.74 Å². The van der Waals surface area contributed by atoms with Gasteiger partial charge in [-0.2, -0.15) is 0 Å². The van der Waals surface area contributed by atoms with Gasteiger partial charge in [-0.15, -0.1) is 0 Å². The predicted octanol–water partition coefficient (Wildman–Crippen LogP) is -0.0974. The van der Waals surface area contributed by atoms with Gasteiger partial charge in [-0.25, -0.2) is 0 Å². The van der Waals surface area contributed by atoms with E-state index in [1.165, 1.54) is 14.2 Å². The maximum Gasteiger partial charge on any atom is 0.309 e. The minimum absolute atomic E-state index is 0.315. The molecule has 0 saturated heterocycles. The van der Waals surface area contributed by atoms with Crippen LogP contribution >= 0.6 is 0 Å². The predicted molar refractivity (Wildman–Crippen MR) is 56.1 cm³/mol. The summed E-state index contributed by atoms with van der Waals surface area (Å²) < 4.78 is 9.34. The van der Waals surface area contributed by atoms with Crippen LogP contribution in [0.25, 0.3) is 0 Å². The van der Waals surface area contributed by atoms with E-state index >= 15 is 0 Å². The molecule has 0 bridgehead atoms. The van der Waals surface area contributed by atoms with Gasteiger partial charge >= 0.3 is 11.9 Å². The molecule has 5 heteroatoms. The molecule has 82 valence electrons. The zero-order valence-corrected chi connectivity index (χ0v) is 11.4. The van der Waals surface area contributed by atoms with Crippen LogP contribution in [0, 0.1) is 5.92 Å². The van der Waals surface area contributed by atoms with E-state index in [1.807, 2.05) is 6.92 Å².